The quantitative estimate of drug-likeness (QED) is 0.815. The SMILES string of the molecule is CN(C(=O)c1ccc(Br)c(Cl)c1)c1ccccc1C(N)=S. The fraction of sp³-hybridized carbons (Fsp3) is 0.0667. The lowest BCUT2D eigenvalue weighted by Crippen LogP contribution is -2.28. The minimum Gasteiger partial charge on any atom is -0.389 e. The van der Waals surface area contributed by atoms with Gasteiger partial charge in [0.2, 0.25) is 0 Å². The molecule has 3 nitrogen and oxygen atoms in total. The molecule has 1 amide bonds. The first-order chi connectivity index (χ1) is 9.91. The Morgan fingerprint density at radius 3 is 2.57 bits per heavy atom. The molecule has 0 spiro atoms. The number of nitrogens with zero attached hydrogens (tertiary/aromatic N) is 1. The molecule has 0 aliphatic rings. The Bertz CT molecular complexity index is 721. The number of amides is 1. The molecule has 0 aromatic heterocycles. The highest BCUT2D eigenvalue weighted by atomic mass is 79.9. The largest absolute Gasteiger partial charge is 0.389 e. The van der Waals surface area contributed by atoms with Gasteiger partial charge >= 0.3 is 0 Å². The molecule has 0 saturated heterocycles. The summed E-state index contributed by atoms with van der Waals surface area (Å²) in [5, 5.41) is 0.483. The van der Waals surface area contributed by atoms with Gasteiger partial charge < -0.3 is 10.6 Å². The van der Waals surface area contributed by atoms with Gasteiger partial charge in [0, 0.05) is 22.6 Å². The Morgan fingerprint density at radius 2 is 1.95 bits per heavy atom. The smallest absolute Gasteiger partial charge is 0.258 e. The maximum atomic E-state index is 12.6. The normalized spacial score (nSPS) is 10.2. The van der Waals surface area contributed by atoms with Crippen LogP contribution in [0.15, 0.2) is 46.9 Å². The van der Waals surface area contributed by atoms with Crippen LogP contribution in [0.25, 0.3) is 0 Å². The minimum atomic E-state index is -0.187. The van der Waals surface area contributed by atoms with Crippen molar-refractivity contribution < 1.29 is 4.79 Å². The van der Waals surface area contributed by atoms with Crippen molar-refractivity contribution in [3.05, 3.63) is 63.1 Å². The second-order valence-electron chi connectivity index (χ2n) is 4.37. The van der Waals surface area contributed by atoms with Gasteiger partial charge in [0.05, 0.1) is 10.7 Å². The molecule has 0 saturated carbocycles. The number of nitrogens with two attached hydrogens (primary N) is 1. The van der Waals surface area contributed by atoms with E-state index in [1.165, 1.54) is 4.90 Å². The summed E-state index contributed by atoms with van der Waals surface area (Å²) in [6, 6.07) is 12.3. The minimum absolute atomic E-state index is 0.187. The zero-order chi connectivity index (χ0) is 15.6. The molecule has 0 bridgehead atoms. The van der Waals surface area contributed by atoms with Crippen molar-refractivity contribution in [3.63, 3.8) is 0 Å². The van der Waals surface area contributed by atoms with E-state index in [1.807, 2.05) is 12.1 Å². The summed E-state index contributed by atoms with van der Waals surface area (Å²) >= 11 is 14.4. The van der Waals surface area contributed by atoms with Crippen LogP contribution in [0.3, 0.4) is 0 Å². The summed E-state index contributed by atoms with van der Waals surface area (Å²) in [4.78, 5) is 14.3. The number of rotatable bonds is 3. The van der Waals surface area contributed by atoms with Crippen LogP contribution >= 0.6 is 39.7 Å². The summed E-state index contributed by atoms with van der Waals surface area (Å²) < 4.78 is 0.743. The number of carbonyl (C=O) groups is 1. The molecule has 0 atom stereocenters. The van der Waals surface area contributed by atoms with E-state index < -0.39 is 0 Å². The molecule has 0 aliphatic heterocycles. The van der Waals surface area contributed by atoms with Crippen LogP contribution in [0.2, 0.25) is 5.02 Å². The Balaban J connectivity index is 2.40. The third-order valence-corrected chi connectivity index (χ3v) is 4.45. The van der Waals surface area contributed by atoms with Gasteiger partial charge in [-0.25, -0.2) is 0 Å². The van der Waals surface area contributed by atoms with E-state index in [-0.39, 0.29) is 10.9 Å². The maximum Gasteiger partial charge on any atom is 0.258 e. The topological polar surface area (TPSA) is 46.3 Å². The third-order valence-electron chi connectivity index (χ3n) is 3.00. The number of hydrogen-bond acceptors (Lipinski definition) is 2. The number of para-hydroxylation sites is 1. The maximum absolute atomic E-state index is 12.6. The van der Waals surface area contributed by atoms with Crippen molar-refractivity contribution in [2.75, 3.05) is 11.9 Å². The van der Waals surface area contributed by atoms with Gasteiger partial charge in [-0.3, -0.25) is 4.79 Å². The second-order valence-corrected chi connectivity index (χ2v) is 6.08. The second kappa shape index (κ2) is 6.56. The van der Waals surface area contributed by atoms with E-state index in [1.54, 1.807) is 37.4 Å². The number of hydrogen-bond donors (Lipinski definition) is 1. The van der Waals surface area contributed by atoms with E-state index in [4.69, 9.17) is 29.6 Å². The summed E-state index contributed by atoms with van der Waals surface area (Å²) in [6.45, 7) is 0. The highest BCUT2D eigenvalue weighted by Gasteiger charge is 2.17. The van der Waals surface area contributed by atoms with Crippen LogP contribution in [0, 0.1) is 0 Å². The molecule has 108 valence electrons. The van der Waals surface area contributed by atoms with Crippen molar-refractivity contribution in [1.29, 1.82) is 0 Å². The average Bonchev–Trinajstić information content (AvgIpc) is 2.48. The van der Waals surface area contributed by atoms with E-state index in [2.05, 4.69) is 15.9 Å². The molecular formula is C15H12BrClN2OS. The summed E-state index contributed by atoms with van der Waals surface area (Å²) in [7, 11) is 1.68. The van der Waals surface area contributed by atoms with Crippen molar-refractivity contribution in [3.8, 4) is 0 Å². The molecule has 2 aromatic rings. The van der Waals surface area contributed by atoms with E-state index >= 15 is 0 Å². The standard InChI is InChI=1S/C15H12BrClN2OS/c1-19(13-5-3-2-4-10(13)14(18)21)15(20)9-6-7-11(16)12(17)8-9/h2-8H,1H3,(H2,18,21). The first-order valence-corrected chi connectivity index (χ1v) is 7.61. The summed E-state index contributed by atoms with van der Waals surface area (Å²) in [5.74, 6) is -0.187. The van der Waals surface area contributed by atoms with E-state index in [0.717, 1.165) is 4.47 Å². The van der Waals surface area contributed by atoms with Crippen LogP contribution in [-0.2, 0) is 0 Å². The lowest BCUT2D eigenvalue weighted by molar-refractivity contribution is 0.0993. The fourth-order valence-electron chi connectivity index (χ4n) is 1.91. The van der Waals surface area contributed by atoms with Crippen LogP contribution in [0.1, 0.15) is 15.9 Å². The molecule has 21 heavy (non-hydrogen) atoms. The van der Waals surface area contributed by atoms with Gasteiger partial charge in [-0.2, -0.15) is 0 Å². The highest BCUT2D eigenvalue weighted by Crippen LogP contribution is 2.26. The predicted octanol–water partition coefficient (Wildman–Crippen LogP) is 4.01. The molecule has 0 unspecified atom stereocenters. The molecule has 0 heterocycles. The van der Waals surface area contributed by atoms with Crippen molar-refractivity contribution in [1.82, 2.24) is 0 Å². The summed E-state index contributed by atoms with van der Waals surface area (Å²) in [5.41, 5.74) is 7.51. The van der Waals surface area contributed by atoms with Gasteiger partial charge in [-0.1, -0.05) is 36.0 Å². The molecule has 2 aromatic carbocycles. The Morgan fingerprint density at radius 1 is 1.29 bits per heavy atom. The molecule has 2 N–H and O–H groups in total. The first kappa shape index (κ1) is 15.9. The van der Waals surface area contributed by atoms with Crippen LogP contribution < -0.4 is 10.6 Å². The van der Waals surface area contributed by atoms with Crippen molar-refractivity contribution in [2.45, 2.75) is 0 Å². The van der Waals surface area contributed by atoms with E-state index in [9.17, 15) is 4.79 Å². The lowest BCUT2D eigenvalue weighted by atomic mass is 10.1. The van der Waals surface area contributed by atoms with Gasteiger partial charge in [0.25, 0.3) is 5.91 Å². The van der Waals surface area contributed by atoms with Gasteiger partial charge in [-0.05, 0) is 46.3 Å². The monoisotopic (exact) mass is 382 g/mol. The Hall–Kier alpha value is -1.43. The van der Waals surface area contributed by atoms with Crippen molar-refractivity contribution in [2.24, 2.45) is 5.73 Å². The first-order valence-electron chi connectivity index (χ1n) is 6.03. The molecule has 2 rings (SSSR count). The van der Waals surface area contributed by atoms with Gasteiger partial charge in [0.1, 0.15) is 4.99 Å². The number of benzene rings is 2. The Labute approximate surface area is 141 Å². The Kier molecular flexibility index (Phi) is 4.98. The average molecular weight is 384 g/mol. The van der Waals surface area contributed by atoms with Gasteiger partial charge in [-0.15, -0.1) is 0 Å². The number of thiocarbonyl (C=S) groups is 1. The van der Waals surface area contributed by atoms with Gasteiger partial charge in [0.15, 0.2) is 0 Å². The molecule has 6 heteroatoms. The molecule has 0 aliphatic carbocycles. The fourth-order valence-corrected chi connectivity index (χ4v) is 2.51. The van der Waals surface area contributed by atoms with E-state index in [0.29, 0.717) is 21.8 Å². The van der Waals surface area contributed by atoms with Crippen LogP contribution in [0.5, 0.6) is 0 Å². The number of carbonyl (C=O) groups excluding carboxylic acids is 1. The molecular weight excluding hydrogens is 372 g/mol. The zero-order valence-electron chi connectivity index (χ0n) is 11.1. The third kappa shape index (κ3) is 3.43. The zero-order valence-corrected chi connectivity index (χ0v) is 14.3. The highest BCUT2D eigenvalue weighted by molar-refractivity contribution is 9.10. The molecule has 0 fully saturated rings. The van der Waals surface area contributed by atoms with Crippen LogP contribution in [0.4, 0.5) is 5.69 Å². The van der Waals surface area contributed by atoms with Crippen LogP contribution in [-0.4, -0.2) is 17.9 Å². The predicted molar refractivity (Wildman–Crippen MR) is 94.2 cm³/mol. The summed E-state index contributed by atoms with van der Waals surface area (Å²) in [6.07, 6.45) is 0. The number of anilines is 1. The molecule has 0 radical (unpaired) electrons. The number of halogens is 2. The lowest BCUT2D eigenvalue weighted by Gasteiger charge is -2.20. The van der Waals surface area contributed by atoms with Crippen molar-refractivity contribution >= 4 is 56.3 Å².